The van der Waals surface area contributed by atoms with Crippen LogP contribution >= 0.6 is 0 Å². The van der Waals surface area contributed by atoms with E-state index >= 15 is 0 Å². The Morgan fingerprint density at radius 3 is 1.92 bits per heavy atom. The Balaban J connectivity index is 1.44. The van der Waals surface area contributed by atoms with Gasteiger partial charge in [0.1, 0.15) is 0 Å². The van der Waals surface area contributed by atoms with Crippen LogP contribution in [0.2, 0.25) is 0 Å². The van der Waals surface area contributed by atoms with Crippen molar-refractivity contribution in [3.05, 3.63) is 65.2 Å². The van der Waals surface area contributed by atoms with Crippen LogP contribution in [-0.4, -0.2) is 47.9 Å². The molecular formula is C25H25F6N3O2. The number of para-hydroxylation sites is 1. The van der Waals surface area contributed by atoms with Crippen LogP contribution in [0.15, 0.2) is 48.5 Å². The molecule has 0 bridgehead atoms. The molecule has 4 rings (SSSR count). The van der Waals surface area contributed by atoms with Gasteiger partial charge in [0.2, 0.25) is 0 Å². The molecule has 36 heavy (non-hydrogen) atoms. The SMILES string of the molecule is O=C(Nc1ccccc1)N1CCCC2(CCN(C(=O)c3cc(C(F)(F)F)cc(C(F)(F)F)c3)CC2)C1. The van der Waals surface area contributed by atoms with E-state index in [1.165, 1.54) is 4.90 Å². The van der Waals surface area contributed by atoms with Crippen LogP contribution in [-0.2, 0) is 12.4 Å². The number of carbonyl (C=O) groups excluding carboxylic acids is 2. The van der Waals surface area contributed by atoms with Gasteiger partial charge in [0.15, 0.2) is 0 Å². The number of benzene rings is 2. The van der Waals surface area contributed by atoms with Crippen LogP contribution in [0.4, 0.5) is 36.8 Å². The van der Waals surface area contributed by atoms with E-state index in [0.717, 1.165) is 12.8 Å². The zero-order valence-corrected chi connectivity index (χ0v) is 19.3. The number of nitrogens with zero attached hydrogens (tertiary/aromatic N) is 2. The van der Waals surface area contributed by atoms with E-state index in [4.69, 9.17) is 0 Å². The van der Waals surface area contributed by atoms with Crippen LogP contribution in [0.1, 0.15) is 47.2 Å². The highest BCUT2D eigenvalue weighted by atomic mass is 19.4. The molecule has 2 aliphatic heterocycles. The average molecular weight is 513 g/mol. The topological polar surface area (TPSA) is 52.7 Å². The van der Waals surface area contributed by atoms with E-state index in [9.17, 15) is 35.9 Å². The molecule has 3 amide bonds. The molecule has 11 heteroatoms. The smallest absolute Gasteiger partial charge is 0.339 e. The number of anilines is 1. The van der Waals surface area contributed by atoms with Gasteiger partial charge in [-0.2, -0.15) is 26.3 Å². The first-order valence-corrected chi connectivity index (χ1v) is 11.6. The van der Waals surface area contributed by atoms with Crippen LogP contribution in [0, 0.1) is 5.41 Å². The van der Waals surface area contributed by atoms with Crippen molar-refractivity contribution >= 4 is 17.6 Å². The molecule has 194 valence electrons. The van der Waals surface area contributed by atoms with Crippen molar-refractivity contribution in [1.82, 2.24) is 9.80 Å². The summed E-state index contributed by atoms with van der Waals surface area (Å²) in [7, 11) is 0. The van der Waals surface area contributed by atoms with Crippen molar-refractivity contribution in [2.45, 2.75) is 38.0 Å². The van der Waals surface area contributed by atoms with Gasteiger partial charge in [-0.05, 0) is 61.4 Å². The second kappa shape index (κ2) is 9.67. The van der Waals surface area contributed by atoms with Gasteiger partial charge >= 0.3 is 18.4 Å². The number of carbonyl (C=O) groups is 2. The zero-order chi connectivity index (χ0) is 26.1. The third-order valence-electron chi connectivity index (χ3n) is 6.92. The van der Waals surface area contributed by atoms with E-state index in [1.54, 1.807) is 17.0 Å². The quantitative estimate of drug-likeness (QED) is 0.481. The molecule has 0 unspecified atom stereocenters. The van der Waals surface area contributed by atoms with Crippen LogP contribution < -0.4 is 5.32 Å². The molecule has 2 fully saturated rings. The van der Waals surface area contributed by atoms with Crippen molar-refractivity contribution in [2.75, 3.05) is 31.5 Å². The second-order valence-electron chi connectivity index (χ2n) is 9.41. The molecule has 2 aliphatic rings. The maximum absolute atomic E-state index is 13.2. The normalized spacial score (nSPS) is 18.3. The summed E-state index contributed by atoms with van der Waals surface area (Å²) in [6.07, 6.45) is -7.45. The predicted molar refractivity (Wildman–Crippen MR) is 120 cm³/mol. The Kier molecular flexibility index (Phi) is 6.94. The van der Waals surface area contributed by atoms with E-state index in [0.29, 0.717) is 43.8 Å². The van der Waals surface area contributed by atoms with Crippen LogP contribution in [0.25, 0.3) is 0 Å². The number of piperidine rings is 2. The number of hydrogen-bond donors (Lipinski definition) is 1. The first-order chi connectivity index (χ1) is 16.9. The molecule has 0 atom stereocenters. The van der Waals surface area contributed by atoms with Crippen molar-refractivity contribution in [1.29, 1.82) is 0 Å². The van der Waals surface area contributed by atoms with Gasteiger partial charge in [-0.25, -0.2) is 4.79 Å². The molecule has 0 aliphatic carbocycles. The Labute approximate surface area is 204 Å². The average Bonchev–Trinajstić information content (AvgIpc) is 2.83. The van der Waals surface area contributed by atoms with Crippen molar-refractivity contribution in [3.8, 4) is 0 Å². The lowest BCUT2D eigenvalue weighted by Gasteiger charge is -2.47. The van der Waals surface area contributed by atoms with Crippen LogP contribution in [0.3, 0.4) is 0 Å². The number of urea groups is 1. The molecule has 2 heterocycles. The number of amides is 3. The zero-order valence-electron chi connectivity index (χ0n) is 19.3. The van der Waals surface area contributed by atoms with E-state index < -0.39 is 35.0 Å². The van der Waals surface area contributed by atoms with Crippen molar-refractivity contribution in [2.24, 2.45) is 5.41 Å². The Morgan fingerprint density at radius 2 is 1.36 bits per heavy atom. The lowest BCUT2D eigenvalue weighted by molar-refractivity contribution is -0.143. The fraction of sp³-hybridized carbons (Fsp3) is 0.440. The minimum atomic E-state index is -5.02. The molecule has 2 saturated heterocycles. The summed E-state index contributed by atoms with van der Waals surface area (Å²) < 4.78 is 79.1. The molecule has 2 aromatic carbocycles. The lowest BCUT2D eigenvalue weighted by Crippen LogP contribution is -2.52. The van der Waals surface area contributed by atoms with E-state index in [1.807, 2.05) is 18.2 Å². The third-order valence-corrected chi connectivity index (χ3v) is 6.92. The highest BCUT2D eigenvalue weighted by Crippen LogP contribution is 2.41. The van der Waals surface area contributed by atoms with Crippen molar-refractivity contribution < 1.29 is 35.9 Å². The predicted octanol–water partition coefficient (Wildman–Crippen LogP) is 6.27. The van der Waals surface area contributed by atoms with Gasteiger partial charge < -0.3 is 15.1 Å². The summed E-state index contributed by atoms with van der Waals surface area (Å²) >= 11 is 0. The molecule has 1 N–H and O–H groups in total. The number of alkyl halides is 6. The lowest BCUT2D eigenvalue weighted by atomic mass is 9.72. The van der Waals surface area contributed by atoms with E-state index in [2.05, 4.69) is 5.32 Å². The number of likely N-dealkylation sites (tertiary alicyclic amines) is 2. The Bertz CT molecular complexity index is 1080. The fourth-order valence-corrected chi connectivity index (χ4v) is 4.96. The summed E-state index contributed by atoms with van der Waals surface area (Å²) in [5.74, 6) is -0.865. The number of nitrogens with one attached hydrogen (secondary N) is 1. The maximum atomic E-state index is 13.2. The van der Waals surface area contributed by atoms with E-state index in [-0.39, 0.29) is 30.6 Å². The monoisotopic (exact) mass is 513 g/mol. The Hall–Kier alpha value is -3.24. The molecule has 0 saturated carbocycles. The summed E-state index contributed by atoms with van der Waals surface area (Å²) in [5.41, 5.74) is -3.25. The summed E-state index contributed by atoms with van der Waals surface area (Å²) in [5, 5.41) is 2.86. The fourth-order valence-electron chi connectivity index (χ4n) is 4.96. The van der Waals surface area contributed by atoms with Gasteiger partial charge in [0.25, 0.3) is 5.91 Å². The number of halogens is 6. The standard InChI is InChI=1S/C25H25F6N3O2/c26-24(27,28)18-13-17(14-19(15-18)25(29,30)31)21(35)33-11-8-23(9-12-33)7-4-10-34(16-23)22(36)32-20-5-2-1-3-6-20/h1-3,5-6,13-15H,4,7-12,16H2,(H,32,36). The van der Waals surface area contributed by atoms with Gasteiger partial charge in [-0.3, -0.25) is 4.79 Å². The maximum Gasteiger partial charge on any atom is 0.416 e. The van der Waals surface area contributed by atoms with Gasteiger partial charge in [-0.1, -0.05) is 18.2 Å². The first-order valence-electron chi connectivity index (χ1n) is 11.6. The minimum Gasteiger partial charge on any atom is -0.339 e. The molecule has 1 spiro atoms. The first kappa shape index (κ1) is 25.8. The third kappa shape index (κ3) is 5.76. The van der Waals surface area contributed by atoms with Gasteiger partial charge in [0.05, 0.1) is 11.1 Å². The molecule has 5 nitrogen and oxygen atoms in total. The summed E-state index contributed by atoms with van der Waals surface area (Å²) in [6, 6.07) is 9.73. The highest BCUT2D eigenvalue weighted by molar-refractivity contribution is 5.95. The van der Waals surface area contributed by atoms with Gasteiger partial charge in [0, 0.05) is 37.4 Å². The molecular weight excluding hydrogens is 488 g/mol. The summed E-state index contributed by atoms with van der Waals surface area (Å²) in [4.78, 5) is 28.7. The minimum absolute atomic E-state index is 0.0130. The summed E-state index contributed by atoms with van der Waals surface area (Å²) in [6.45, 7) is 1.41. The number of rotatable bonds is 2. The largest absolute Gasteiger partial charge is 0.416 e. The molecule has 2 aromatic rings. The Morgan fingerprint density at radius 1 is 0.778 bits per heavy atom. The highest BCUT2D eigenvalue weighted by Gasteiger charge is 2.42. The van der Waals surface area contributed by atoms with Gasteiger partial charge in [-0.15, -0.1) is 0 Å². The second-order valence-corrected chi connectivity index (χ2v) is 9.41. The van der Waals surface area contributed by atoms with Crippen LogP contribution in [0.5, 0.6) is 0 Å². The number of hydrogen-bond acceptors (Lipinski definition) is 2. The van der Waals surface area contributed by atoms with Crippen molar-refractivity contribution in [3.63, 3.8) is 0 Å². The molecule has 0 aromatic heterocycles. The molecule has 0 radical (unpaired) electrons.